The minimum Gasteiger partial charge on any atom is -0.393 e. The van der Waals surface area contributed by atoms with Gasteiger partial charge in [-0.05, 0) is 31.4 Å². The minimum absolute atomic E-state index is 0.0747. The highest BCUT2D eigenvalue weighted by molar-refractivity contribution is 5.14. The van der Waals surface area contributed by atoms with Gasteiger partial charge in [0.15, 0.2) is 0 Å². The van der Waals surface area contributed by atoms with E-state index >= 15 is 0 Å². The fourth-order valence-electron chi connectivity index (χ4n) is 1.84. The fraction of sp³-hybridized carbons (Fsp3) is 0.545. The van der Waals surface area contributed by atoms with E-state index in [1.165, 1.54) is 12.3 Å². The van der Waals surface area contributed by atoms with E-state index in [0.29, 0.717) is 6.04 Å². The Kier molecular flexibility index (Phi) is 2.98. The zero-order valence-electron chi connectivity index (χ0n) is 8.65. The third-order valence-corrected chi connectivity index (χ3v) is 2.82. The van der Waals surface area contributed by atoms with Crippen molar-refractivity contribution in [3.05, 3.63) is 29.8 Å². The molecule has 0 radical (unpaired) electrons. The van der Waals surface area contributed by atoms with E-state index in [1.807, 2.05) is 6.92 Å². The molecule has 82 valence electrons. The summed E-state index contributed by atoms with van der Waals surface area (Å²) in [4.78, 5) is 3.81. The van der Waals surface area contributed by atoms with Gasteiger partial charge in [-0.1, -0.05) is 0 Å². The molecule has 1 saturated carbocycles. The van der Waals surface area contributed by atoms with E-state index in [9.17, 15) is 4.39 Å². The van der Waals surface area contributed by atoms with Crippen LogP contribution in [0.1, 0.15) is 31.4 Å². The standard InChI is InChI=1S/C11H15FN2O/c1-7(14-10-3-11(15)4-10)8-2-9(12)6-13-5-8/h2,5-7,10-11,14-15H,3-4H2,1H3. The van der Waals surface area contributed by atoms with Crippen LogP contribution >= 0.6 is 0 Å². The van der Waals surface area contributed by atoms with Gasteiger partial charge in [0.05, 0.1) is 12.3 Å². The maximum atomic E-state index is 12.9. The van der Waals surface area contributed by atoms with Crippen LogP contribution in [0.4, 0.5) is 4.39 Å². The molecule has 1 heterocycles. The Morgan fingerprint density at radius 3 is 2.87 bits per heavy atom. The lowest BCUT2D eigenvalue weighted by Gasteiger charge is -2.34. The molecule has 15 heavy (non-hydrogen) atoms. The van der Waals surface area contributed by atoms with E-state index in [-0.39, 0.29) is 18.0 Å². The summed E-state index contributed by atoms with van der Waals surface area (Å²) in [7, 11) is 0. The molecule has 2 rings (SSSR count). The first-order valence-corrected chi connectivity index (χ1v) is 5.19. The van der Waals surface area contributed by atoms with E-state index in [4.69, 9.17) is 5.11 Å². The highest BCUT2D eigenvalue weighted by Gasteiger charge is 2.28. The van der Waals surface area contributed by atoms with Crippen molar-refractivity contribution in [2.24, 2.45) is 0 Å². The summed E-state index contributed by atoms with van der Waals surface area (Å²) in [6.45, 7) is 1.97. The molecule has 1 unspecified atom stereocenters. The van der Waals surface area contributed by atoms with Crippen LogP contribution in [-0.4, -0.2) is 22.2 Å². The second kappa shape index (κ2) is 4.24. The molecule has 1 aromatic rings. The fourth-order valence-corrected chi connectivity index (χ4v) is 1.84. The predicted molar refractivity (Wildman–Crippen MR) is 54.8 cm³/mol. The number of pyridine rings is 1. The van der Waals surface area contributed by atoms with E-state index in [0.717, 1.165) is 18.4 Å². The molecule has 3 nitrogen and oxygen atoms in total. The van der Waals surface area contributed by atoms with Crippen molar-refractivity contribution in [1.82, 2.24) is 10.3 Å². The summed E-state index contributed by atoms with van der Waals surface area (Å²) >= 11 is 0. The monoisotopic (exact) mass is 210 g/mol. The van der Waals surface area contributed by atoms with Crippen LogP contribution < -0.4 is 5.32 Å². The van der Waals surface area contributed by atoms with Gasteiger partial charge in [0.2, 0.25) is 0 Å². The summed E-state index contributed by atoms with van der Waals surface area (Å²) in [5.74, 6) is -0.310. The van der Waals surface area contributed by atoms with Gasteiger partial charge < -0.3 is 10.4 Å². The lowest BCUT2D eigenvalue weighted by molar-refractivity contribution is 0.0585. The average molecular weight is 210 g/mol. The number of nitrogens with zero attached hydrogens (tertiary/aromatic N) is 1. The van der Waals surface area contributed by atoms with Gasteiger partial charge in [0, 0.05) is 18.3 Å². The van der Waals surface area contributed by atoms with Gasteiger partial charge in [0.25, 0.3) is 0 Å². The molecule has 0 amide bonds. The van der Waals surface area contributed by atoms with Crippen LogP contribution in [0.15, 0.2) is 18.5 Å². The number of aromatic nitrogens is 1. The highest BCUT2D eigenvalue weighted by Crippen LogP contribution is 2.23. The van der Waals surface area contributed by atoms with Crippen molar-refractivity contribution in [3.8, 4) is 0 Å². The molecular weight excluding hydrogens is 195 g/mol. The van der Waals surface area contributed by atoms with Crippen molar-refractivity contribution in [1.29, 1.82) is 0 Å². The van der Waals surface area contributed by atoms with Crippen LogP contribution in [0.25, 0.3) is 0 Å². The maximum Gasteiger partial charge on any atom is 0.141 e. The van der Waals surface area contributed by atoms with Gasteiger partial charge in [-0.25, -0.2) is 4.39 Å². The van der Waals surface area contributed by atoms with Gasteiger partial charge in [0.1, 0.15) is 5.82 Å². The summed E-state index contributed by atoms with van der Waals surface area (Å²) < 4.78 is 12.9. The first-order valence-electron chi connectivity index (χ1n) is 5.19. The molecule has 2 N–H and O–H groups in total. The number of nitrogens with one attached hydrogen (secondary N) is 1. The molecule has 1 fully saturated rings. The van der Waals surface area contributed by atoms with E-state index in [2.05, 4.69) is 10.3 Å². The molecule has 1 aliphatic rings. The molecule has 1 atom stereocenters. The molecule has 1 aromatic heterocycles. The quantitative estimate of drug-likeness (QED) is 0.792. The largest absolute Gasteiger partial charge is 0.393 e. The molecular formula is C11H15FN2O. The number of hydrogen-bond donors (Lipinski definition) is 2. The Labute approximate surface area is 88.3 Å². The van der Waals surface area contributed by atoms with Crippen LogP contribution in [0.3, 0.4) is 0 Å². The first kappa shape index (κ1) is 10.5. The van der Waals surface area contributed by atoms with Gasteiger partial charge >= 0.3 is 0 Å². The van der Waals surface area contributed by atoms with E-state index < -0.39 is 0 Å². The minimum atomic E-state index is -0.310. The number of halogens is 1. The Balaban J connectivity index is 1.93. The summed E-state index contributed by atoms with van der Waals surface area (Å²) in [6, 6.07) is 1.91. The number of hydrogen-bond acceptors (Lipinski definition) is 3. The van der Waals surface area contributed by atoms with Crippen molar-refractivity contribution < 1.29 is 9.50 Å². The molecule has 0 spiro atoms. The van der Waals surface area contributed by atoms with Crippen LogP contribution in [0.2, 0.25) is 0 Å². The molecule has 1 aliphatic carbocycles. The number of rotatable bonds is 3. The zero-order valence-corrected chi connectivity index (χ0v) is 8.65. The van der Waals surface area contributed by atoms with Gasteiger partial charge in [-0.3, -0.25) is 4.98 Å². The molecule has 0 bridgehead atoms. The maximum absolute atomic E-state index is 12.9. The van der Waals surface area contributed by atoms with Crippen molar-refractivity contribution in [2.45, 2.75) is 38.0 Å². The van der Waals surface area contributed by atoms with Crippen LogP contribution in [0, 0.1) is 5.82 Å². The molecule has 0 saturated heterocycles. The predicted octanol–water partition coefficient (Wildman–Crippen LogP) is 1.39. The first-order chi connectivity index (χ1) is 7.15. The summed E-state index contributed by atoms with van der Waals surface area (Å²) in [5, 5.41) is 12.5. The Morgan fingerprint density at radius 1 is 1.53 bits per heavy atom. The van der Waals surface area contributed by atoms with Crippen molar-refractivity contribution in [3.63, 3.8) is 0 Å². The lowest BCUT2D eigenvalue weighted by Crippen LogP contribution is -2.45. The van der Waals surface area contributed by atoms with Gasteiger partial charge in [-0.2, -0.15) is 0 Å². The zero-order chi connectivity index (χ0) is 10.8. The SMILES string of the molecule is CC(NC1CC(O)C1)c1cncc(F)c1. The summed E-state index contributed by atoms with van der Waals surface area (Å²) in [5.41, 5.74) is 0.844. The number of aliphatic hydroxyl groups excluding tert-OH is 1. The third-order valence-electron chi connectivity index (χ3n) is 2.82. The van der Waals surface area contributed by atoms with Crippen LogP contribution in [0.5, 0.6) is 0 Å². The van der Waals surface area contributed by atoms with Crippen molar-refractivity contribution >= 4 is 0 Å². The van der Waals surface area contributed by atoms with E-state index in [1.54, 1.807) is 6.20 Å². The lowest BCUT2D eigenvalue weighted by atomic mass is 9.88. The smallest absolute Gasteiger partial charge is 0.141 e. The molecule has 0 aliphatic heterocycles. The molecule has 0 aromatic carbocycles. The van der Waals surface area contributed by atoms with Crippen molar-refractivity contribution in [2.75, 3.05) is 0 Å². The second-order valence-corrected chi connectivity index (χ2v) is 4.15. The molecule has 4 heteroatoms. The Bertz CT molecular complexity index is 339. The second-order valence-electron chi connectivity index (χ2n) is 4.15. The topological polar surface area (TPSA) is 45.1 Å². The normalized spacial score (nSPS) is 27.1. The van der Waals surface area contributed by atoms with Gasteiger partial charge in [-0.15, -0.1) is 0 Å². The Morgan fingerprint density at radius 2 is 2.27 bits per heavy atom. The average Bonchev–Trinajstić information content (AvgIpc) is 2.15. The van der Waals surface area contributed by atoms with Crippen LogP contribution in [-0.2, 0) is 0 Å². The third kappa shape index (κ3) is 2.52. The highest BCUT2D eigenvalue weighted by atomic mass is 19.1. The number of aliphatic hydroxyl groups is 1. The Hall–Kier alpha value is -1.00. The summed E-state index contributed by atoms with van der Waals surface area (Å²) in [6.07, 6.45) is 4.26.